The first kappa shape index (κ1) is 14.4. The van der Waals surface area contributed by atoms with E-state index in [1.165, 1.54) is 12.1 Å². The number of benzene rings is 1. The highest BCUT2D eigenvalue weighted by molar-refractivity contribution is 7.89. The predicted molar refractivity (Wildman–Crippen MR) is 71.4 cm³/mol. The van der Waals surface area contributed by atoms with Crippen LogP contribution in [-0.2, 0) is 16.6 Å². The summed E-state index contributed by atoms with van der Waals surface area (Å²) in [5, 5.41) is 0. The molecule has 1 saturated carbocycles. The summed E-state index contributed by atoms with van der Waals surface area (Å²) in [6.07, 6.45) is 3.22. The summed E-state index contributed by atoms with van der Waals surface area (Å²) >= 11 is 0. The summed E-state index contributed by atoms with van der Waals surface area (Å²) in [6.45, 7) is 1.91. The molecule has 1 atom stereocenters. The zero-order valence-electron chi connectivity index (χ0n) is 10.9. The van der Waals surface area contributed by atoms with E-state index in [1.807, 2.05) is 6.92 Å². The second-order valence-corrected chi connectivity index (χ2v) is 6.74. The molecular formula is C13H19FN2O2S. The minimum absolute atomic E-state index is 0.0545. The third-order valence-corrected chi connectivity index (χ3v) is 5.38. The van der Waals surface area contributed by atoms with Gasteiger partial charge in [-0.15, -0.1) is 0 Å². The number of rotatable bonds is 5. The van der Waals surface area contributed by atoms with Gasteiger partial charge in [-0.1, -0.05) is 12.5 Å². The third-order valence-electron chi connectivity index (χ3n) is 3.74. The average molecular weight is 286 g/mol. The molecule has 1 unspecified atom stereocenters. The van der Waals surface area contributed by atoms with Gasteiger partial charge in [-0.05, 0) is 43.4 Å². The number of hydrogen-bond donors (Lipinski definition) is 2. The molecule has 0 bridgehead atoms. The summed E-state index contributed by atoms with van der Waals surface area (Å²) < 4.78 is 40.5. The van der Waals surface area contributed by atoms with Crippen LogP contribution in [0.25, 0.3) is 0 Å². The van der Waals surface area contributed by atoms with E-state index in [1.54, 1.807) is 0 Å². The van der Waals surface area contributed by atoms with Gasteiger partial charge in [0.25, 0.3) is 0 Å². The van der Waals surface area contributed by atoms with Crippen molar-refractivity contribution in [2.75, 3.05) is 0 Å². The predicted octanol–water partition coefficient (Wildman–Crippen LogP) is 1.75. The van der Waals surface area contributed by atoms with Crippen LogP contribution < -0.4 is 10.5 Å². The maximum Gasteiger partial charge on any atom is 0.241 e. The molecule has 1 aliphatic carbocycles. The van der Waals surface area contributed by atoms with Gasteiger partial charge in [-0.25, -0.2) is 17.5 Å². The van der Waals surface area contributed by atoms with E-state index in [9.17, 15) is 12.8 Å². The molecule has 3 N–H and O–H groups in total. The Kier molecular flexibility index (Phi) is 4.23. The number of sulfonamides is 1. The molecule has 106 valence electrons. The Hall–Kier alpha value is -0.980. The van der Waals surface area contributed by atoms with E-state index in [4.69, 9.17) is 5.73 Å². The van der Waals surface area contributed by atoms with E-state index in [2.05, 4.69) is 4.72 Å². The molecule has 0 spiro atoms. The van der Waals surface area contributed by atoms with Gasteiger partial charge in [0.2, 0.25) is 10.0 Å². The van der Waals surface area contributed by atoms with Crippen LogP contribution in [0, 0.1) is 11.7 Å². The van der Waals surface area contributed by atoms with Crippen LogP contribution in [0.2, 0.25) is 0 Å². The molecule has 0 amide bonds. The van der Waals surface area contributed by atoms with Crippen molar-refractivity contribution in [2.24, 2.45) is 11.7 Å². The second kappa shape index (κ2) is 5.56. The SMILES string of the molecule is CC(NS(=O)(=O)c1cc(F)ccc1CN)C1CCC1. The van der Waals surface area contributed by atoms with Crippen LogP contribution >= 0.6 is 0 Å². The third kappa shape index (κ3) is 3.13. The zero-order chi connectivity index (χ0) is 14.0. The molecule has 4 nitrogen and oxygen atoms in total. The van der Waals surface area contributed by atoms with Crippen molar-refractivity contribution < 1.29 is 12.8 Å². The van der Waals surface area contributed by atoms with Gasteiger partial charge in [0.05, 0.1) is 4.90 Å². The average Bonchev–Trinajstić information content (AvgIpc) is 2.25. The minimum atomic E-state index is -3.72. The Morgan fingerprint density at radius 3 is 2.68 bits per heavy atom. The number of halogens is 1. The van der Waals surface area contributed by atoms with Gasteiger partial charge in [0, 0.05) is 12.6 Å². The first-order chi connectivity index (χ1) is 8.94. The highest BCUT2D eigenvalue weighted by atomic mass is 32.2. The van der Waals surface area contributed by atoms with Crippen LogP contribution in [0.1, 0.15) is 31.7 Å². The Balaban J connectivity index is 2.25. The largest absolute Gasteiger partial charge is 0.326 e. The maximum atomic E-state index is 13.3. The molecule has 0 aromatic heterocycles. The normalized spacial score (nSPS) is 18.1. The lowest BCUT2D eigenvalue weighted by Crippen LogP contribution is -2.41. The first-order valence-corrected chi connectivity index (χ1v) is 7.93. The minimum Gasteiger partial charge on any atom is -0.326 e. The summed E-state index contributed by atoms with van der Waals surface area (Å²) in [4.78, 5) is -0.0545. The van der Waals surface area contributed by atoms with Crippen LogP contribution in [0.4, 0.5) is 4.39 Å². The lowest BCUT2D eigenvalue weighted by molar-refractivity contribution is 0.260. The first-order valence-electron chi connectivity index (χ1n) is 6.45. The molecule has 6 heteroatoms. The van der Waals surface area contributed by atoms with Crippen molar-refractivity contribution in [3.05, 3.63) is 29.6 Å². The van der Waals surface area contributed by atoms with Gasteiger partial charge in [0.15, 0.2) is 0 Å². The lowest BCUT2D eigenvalue weighted by atomic mass is 9.81. The Morgan fingerprint density at radius 1 is 1.47 bits per heavy atom. The molecule has 1 aliphatic rings. The molecule has 0 radical (unpaired) electrons. The summed E-state index contributed by atoms with van der Waals surface area (Å²) in [7, 11) is -3.72. The van der Waals surface area contributed by atoms with Gasteiger partial charge in [0.1, 0.15) is 5.82 Å². The van der Waals surface area contributed by atoms with Crippen molar-refractivity contribution in [1.82, 2.24) is 4.72 Å². The fourth-order valence-corrected chi connectivity index (χ4v) is 3.86. The summed E-state index contributed by atoms with van der Waals surface area (Å²) in [5.41, 5.74) is 5.94. The van der Waals surface area contributed by atoms with E-state index in [0.29, 0.717) is 11.5 Å². The van der Waals surface area contributed by atoms with E-state index < -0.39 is 15.8 Å². The van der Waals surface area contributed by atoms with Gasteiger partial charge in [-0.3, -0.25) is 0 Å². The summed E-state index contributed by atoms with van der Waals surface area (Å²) in [5.74, 6) is -0.196. The molecule has 1 fully saturated rings. The van der Waals surface area contributed by atoms with Gasteiger partial charge >= 0.3 is 0 Å². The lowest BCUT2D eigenvalue weighted by Gasteiger charge is -2.31. The van der Waals surface area contributed by atoms with Gasteiger partial charge in [-0.2, -0.15) is 0 Å². The van der Waals surface area contributed by atoms with Crippen molar-refractivity contribution in [3.8, 4) is 0 Å². The maximum absolute atomic E-state index is 13.3. The molecule has 0 heterocycles. The van der Waals surface area contributed by atoms with Crippen molar-refractivity contribution in [1.29, 1.82) is 0 Å². The molecule has 1 aromatic carbocycles. The number of nitrogens with one attached hydrogen (secondary N) is 1. The Morgan fingerprint density at radius 2 is 2.16 bits per heavy atom. The fraction of sp³-hybridized carbons (Fsp3) is 0.538. The van der Waals surface area contributed by atoms with Crippen molar-refractivity contribution in [3.63, 3.8) is 0 Å². The van der Waals surface area contributed by atoms with Crippen LogP contribution in [0.15, 0.2) is 23.1 Å². The quantitative estimate of drug-likeness (QED) is 0.866. The molecular weight excluding hydrogens is 267 g/mol. The van der Waals surface area contributed by atoms with Crippen LogP contribution in [0.3, 0.4) is 0 Å². The standard InChI is InChI=1S/C13H19FN2O2S/c1-9(10-3-2-4-10)16-19(17,18)13-7-12(14)6-5-11(13)8-15/h5-7,9-10,16H,2-4,8,15H2,1H3. The number of hydrogen-bond acceptors (Lipinski definition) is 3. The van der Waals surface area contributed by atoms with Crippen molar-refractivity contribution in [2.45, 2.75) is 43.7 Å². The molecule has 0 saturated heterocycles. The number of nitrogens with two attached hydrogens (primary N) is 1. The monoisotopic (exact) mass is 286 g/mol. The van der Waals surface area contributed by atoms with Crippen LogP contribution in [-0.4, -0.2) is 14.5 Å². The fourth-order valence-electron chi connectivity index (χ4n) is 2.29. The molecule has 19 heavy (non-hydrogen) atoms. The van der Waals surface area contributed by atoms with E-state index in [0.717, 1.165) is 25.3 Å². The second-order valence-electron chi connectivity index (χ2n) is 5.06. The molecule has 0 aliphatic heterocycles. The van der Waals surface area contributed by atoms with E-state index in [-0.39, 0.29) is 17.5 Å². The molecule has 1 aromatic rings. The van der Waals surface area contributed by atoms with Crippen molar-refractivity contribution >= 4 is 10.0 Å². The van der Waals surface area contributed by atoms with Gasteiger partial charge < -0.3 is 5.73 Å². The summed E-state index contributed by atoms with van der Waals surface area (Å²) in [6, 6.07) is 3.53. The topological polar surface area (TPSA) is 72.2 Å². The van der Waals surface area contributed by atoms with Crippen LogP contribution in [0.5, 0.6) is 0 Å². The van der Waals surface area contributed by atoms with E-state index >= 15 is 0 Å². The zero-order valence-corrected chi connectivity index (χ0v) is 11.7. The highest BCUT2D eigenvalue weighted by Crippen LogP contribution is 2.30. The highest BCUT2D eigenvalue weighted by Gasteiger charge is 2.28. The molecule has 2 rings (SSSR count). The Labute approximate surface area is 113 Å². The Bertz CT molecular complexity index is 556. The smallest absolute Gasteiger partial charge is 0.241 e.